The molecular formula is C21H15N5O4. The first-order valence-corrected chi connectivity index (χ1v) is 9.05. The average Bonchev–Trinajstić information content (AvgIpc) is 3.24. The van der Waals surface area contributed by atoms with E-state index >= 15 is 0 Å². The third-order valence-corrected chi connectivity index (χ3v) is 5.07. The predicted molar refractivity (Wildman–Crippen MR) is 108 cm³/mol. The first-order valence-electron chi connectivity index (χ1n) is 9.05. The second-order valence-corrected chi connectivity index (χ2v) is 6.82. The minimum Gasteiger partial charge on any atom is -0.465 e. The highest BCUT2D eigenvalue weighted by Crippen LogP contribution is 2.45. The van der Waals surface area contributed by atoms with Crippen molar-refractivity contribution < 1.29 is 19.8 Å². The van der Waals surface area contributed by atoms with E-state index in [9.17, 15) is 14.7 Å². The molecule has 0 bridgehead atoms. The molecule has 5 rings (SSSR count). The van der Waals surface area contributed by atoms with Crippen molar-refractivity contribution in [1.29, 1.82) is 0 Å². The van der Waals surface area contributed by atoms with Gasteiger partial charge in [-0.3, -0.25) is 20.0 Å². The van der Waals surface area contributed by atoms with Gasteiger partial charge in [0.05, 0.1) is 22.9 Å². The number of carboxylic acid groups (broad SMARTS) is 1. The van der Waals surface area contributed by atoms with E-state index < -0.39 is 11.8 Å². The number of hydrogen-bond donors (Lipinski definition) is 4. The zero-order valence-corrected chi connectivity index (χ0v) is 15.4. The van der Waals surface area contributed by atoms with Gasteiger partial charge in [0.2, 0.25) is 5.95 Å². The van der Waals surface area contributed by atoms with Crippen molar-refractivity contribution in [3.8, 4) is 0 Å². The van der Waals surface area contributed by atoms with Crippen LogP contribution in [-0.2, 0) is 5.72 Å². The van der Waals surface area contributed by atoms with E-state index in [1.807, 2.05) is 0 Å². The number of benzene rings is 2. The Labute approximate surface area is 169 Å². The van der Waals surface area contributed by atoms with Crippen molar-refractivity contribution in [2.75, 3.05) is 10.2 Å². The Hall–Kier alpha value is -4.24. The molecule has 3 heterocycles. The molecule has 0 saturated heterocycles. The molecular weight excluding hydrogens is 386 g/mol. The van der Waals surface area contributed by atoms with Crippen LogP contribution in [0, 0.1) is 0 Å². The van der Waals surface area contributed by atoms with Gasteiger partial charge in [-0.1, -0.05) is 24.3 Å². The molecule has 30 heavy (non-hydrogen) atoms. The predicted octanol–water partition coefficient (Wildman–Crippen LogP) is 2.90. The number of hydrogen-bond acceptors (Lipinski definition) is 5. The summed E-state index contributed by atoms with van der Waals surface area (Å²) in [5.41, 5.74) is 0.910. The van der Waals surface area contributed by atoms with Crippen LogP contribution in [0.1, 0.15) is 21.5 Å². The number of H-pyrrole nitrogens is 1. The Morgan fingerprint density at radius 2 is 1.97 bits per heavy atom. The van der Waals surface area contributed by atoms with E-state index in [-0.39, 0.29) is 11.9 Å². The number of imidazole rings is 1. The fourth-order valence-corrected chi connectivity index (χ4v) is 3.82. The molecule has 0 fully saturated rings. The summed E-state index contributed by atoms with van der Waals surface area (Å²) in [7, 11) is 0. The summed E-state index contributed by atoms with van der Waals surface area (Å²) in [6.07, 6.45) is 1.85. The van der Waals surface area contributed by atoms with Gasteiger partial charge in [0, 0.05) is 22.9 Å². The lowest BCUT2D eigenvalue weighted by molar-refractivity contribution is 0.0703. The maximum absolute atomic E-state index is 13.2. The molecule has 2 aromatic carbocycles. The summed E-state index contributed by atoms with van der Waals surface area (Å²) >= 11 is 0. The number of pyridine rings is 1. The normalized spacial score (nSPS) is 17.9. The fourth-order valence-electron chi connectivity index (χ4n) is 3.82. The SMILES string of the molecule is O=C(O)Nc1nc2cc(C3(O)c4ccccc4C(=O)N3c3cccnc3)ccc2[nH]1. The van der Waals surface area contributed by atoms with E-state index in [1.165, 1.54) is 11.1 Å². The zero-order valence-electron chi connectivity index (χ0n) is 15.4. The number of aromatic nitrogens is 3. The Bertz CT molecular complexity index is 1300. The van der Waals surface area contributed by atoms with Crippen molar-refractivity contribution in [2.24, 2.45) is 0 Å². The maximum Gasteiger partial charge on any atom is 0.411 e. The van der Waals surface area contributed by atoms with E-state index in [4.69, 9.17) is 5.11 Å². The van der Waals surface area contributed by atoms with E-state index in [1.54, 1.807) is 60.8 Å². The van der Waals surface area contributed by atoms with Crippen molar-refractivity contribution in [3.63, 3.8) is 0 Å². The molecule has 148 valence electrons. The Kier molecular flexibility index (Phi) is 3.80. The van der Waals surface area contributed by atoms with Crippen molar-refractivity contribution in [2.45, 2.75) is 5.72 Å². The lowest BCUT2D eigenvalue weighted by Gasteiger charge is -2.34. The summed E-state index contributed by atoms with van der Waals surface area (Å²) in [5.74, 6) is -0.287. The van der Waals surface area contributed by atoms with Gasteiger partial charge in [-0.15, -0.1) is 0 Å². The minimum atomic E-state index is -1.79. The molecule has 1 aliphatic rings. The molecule has 0 saturated carbocycles. The van der Waals surface area contributed by atoms with Gasteiger partial charge in [-0.2, -0.15) is 0 Å². The standard InChI is InChI=1S/C21H15N5O4/c27-18-14-5-1-2-6-15(14)21(30,26(18)13-4-3-9-22-11-13)12-7-8-16-17(10-12)24-19(23-16)25-20(28)29/h1-11,30H,(H,28,29)(H2,23,24,25). The summed E-state index contributed by atoms with van der Waals surface area (Å²) < 4.78 is 0. The number of aromatic amines is 1. The van der Waals surface area contributed by atoms with Crippen LogP contribution in [0.5, 0.6) is 0 Å². The lowest BCUT2D eigenvalue weighted by Crippen LogP contribution is -2.45. The molecule has 1 aliphatic heterocycles. The topological polar surface area (TPSA) is 131 Å². The Morgan fingerprint density at radius 1 is 1.13 bits per heavy atom. The number of carbonyl (C=O) groups is 2. The van der Waals surface area contributed by atoms with E-state index in [0.717, 1.165) is 0 Å². The number of carbonyl (C=O) groups excluding carboxylic acids is 1. The number of anilines is 2. The summed E-state index contributed by atoms with van der Waals surface area (Å²) in [4.78, 5) is 36.5. The molecule has 4 aromatic rings. The van der Waals surface area contributed by atoms with Gasteiger partial charge in [0.25, 0.3) is 5.91 Å². The Morgan fingerprint density at radius 3 is 2.73 bits per heavy atom. The zero-order chi connectivity index (χ0) is 20.9. The fraction of sp³-hybridized carbons (Fsp3) is 0.0476. The van der Waals surface area contributed by atoms with Crippen LogP contribution in [0.4, 0.5) is 16.4 Å². The highest BCUT2D eigenvalue weighted by molar-refractivity contribution is 6.12. The third-order valence-electron chi connectivity index (χ3n) is 5.07. The van der Waals surface area contributed by atoms with E-state index in [2.05, 4.69) is 20.3 Å². The molecule has 1 atom stereocenters. The van der Waals surface area contributed by atoms with Crippen molar-refractivity contribution in [1.82, 2.24) is 15.0 Å². The molecule has 2 aromatic heterocycles. The van der Waals surface area contributed by atoms with Gasteiger partial charge >= 0.3 is 6.09 Å². The van der Waals surface area contributed by atoms with Crippen molar-refractivity contribution in [3.05, 3.63) is 83.7 Å². The molecule has 9 nitrogen and oxygen atoms in total. The van der Waals surface area contributed by atoms with Crippen LogP contribution in [0.15, 0.2) is 67.0 Å². The number of aliphatic hydroxyl groups is 1. The first kappa shape index (κ1) is 17.8. The largest absolute Gasteiger partial charge is 0.465 e. The molecule has 4 N–H and O–H groups in total. The van der Waals surface area contributed by atoms with Crippen LogP contribution in [0.3, 0.4) is 0 Å². The van der Waals surface area contributed by atoms with Gasteiger partial charge in [-0.25, -0.2) is 9.78 Å². The molecule has 0 aliphatic carbocycles. The van der Waals surface area contributed by atoms with Crippen LogP contribution in [-0.4, -0.2) is 37.2 Å². The van der Waals surface area contributed by atoms with Gasteiger partial charge in [0.1, 0.15) is 0 Å². The van der Waals surface area contributed by atoms with Crippen LogP contribution >= 0.6 is 0 Å². The monoisotopic (exact) mass is 401 g/mol. The average molecular weight is 401 g/mol. The number of nitrogens with one attached hydrogen (secondary N) is 2. The van der Waals surface area contributed by atoms with E-state index in [0.29, 0.717) is 33.4 Å². The molecule has 1 unspecified atom stereocenters. The number of amides is 2. The molecule has 2 amide bonds. The maximum atomic E-state index is 13.2. The molecule has 9 heteroatoms. The van der Waals surface area contributed by atoms with Gasteiger partial charge in [0.15, 0.2) is 5.72 Å². The summed E-state index contributed by atoms with van der Waals surface area (Å²) in [5, 5.41) is 23.0. The van der Waals surface area contributed by atoms with Crippen LogP contribution < -0.4 is 10.2 Å². The van der Waals surface area contributed by atoms with Crippen molar-refractivity contribution >= 4 is 34.7 Å². The molecule has 0 spiro atoms. The summed E-state index contributed by atoms with van der Waals surface area (Å²) in [6.45, 7) is 0. The Balaban J connectivity index is 1.71. The quantitative estimate of drug-likeness (QED) is 0.417. The number of nitrogens with zero attached hydrogens (tertiary/aromatic N) is 3. The molecule has 0 radical (unpaired) electrons. The van der Waals surface area contributed by atoms with Gasteiger partial charge in [-0.05, 0) is 30.3 Å². The first-order chi connectivity index (χ1) is 14.5. The lowest BCUT2D eigenvalue weighted by atomic mass is 9.93. The highest BCUT2D eigenvalue weighted by Gasteiger charge is 2.50. The van der Waals surface area contributed by atoms with Crippen LogP contribution in [0.2, 0.25) is 0 Å². The number of fused-ring (bicyclic) bond motifs is 2. The highest BCUT2D eigenvalue weighted by atomic mass is 16.4. The minimum absolute atomic E-state index is 0.0636. The smallest absolute Gasteiger partial charge is 0.411 e. The van der Waals surface area contributed by atoms with Crippen LogP contribution in [0.25, 0.3) is 11.0 Å². The summed E-state index contributed by atoms with van der Waals surface area (Å²) in [6, 6.07) is 15.2. The second kappa shape index (κ2) is 6.39. The number of rotatable bonds is 3. The van der Waals surface area contributed by atoms with Gasteiger partial charge < -0.3 is 15.2 Å². The second-order valence-electron chi connectivity index (χ2n) is 6.82. The third kappa shape index (κ3) is 2.53.